The Morgan fingerprint density at radius 3 is 2.42 bits per heavy atom. The molecule has 2 aliphatic rings. The van der Waals surface area contributed by atoms with Gasteiger partial charge in [0.25, 0.3) is 0 Å². The summed E-state index contributed by atoms with van der Waals surface area (Å²) in [5.74, 6) is -2.52. The molecule has 9 heteroatoms. The molecule has 0 radical (unpaired) electrons. The number of halogens is 1. The molecule has 1 unspecified atom stereocenters. The molecule has 8 nitrogen and oxygen atoms in total. The summed E-state index contributed by atoms with van der Waals surface area (Å²) >= 11 is 3.40. The molecule has 3 rings (SSSR count). The summed E-state index contributed by atoms with van der Waals surface area (Å²) in [5, 5.41) is 2.76. The van der Waals surface area contributed by atoms with Crippen LogP contribution in [0.5, 0.6) is 0 Å². The summed E-state index contributed by atoms with van der Waals surface area (Å²) in [6.45, 7) is 9.94. The Balaban J connectivity index is 2.37. The van der Waals surface area contributed by atoms with E-state index in [2.05, 4.69) is 21.2 Å². The summed E-state index contributed by atoms with van der Waals surface area (Å²) in [6.07, 6.45) is -0.492. The number of carbonyl (C=O) groups excluding carboxylic acids is 3. The highest BCUT2D eigenvalue weighted by Gasteiger charge is 2.62. The maximum Gasteiger partial charge on any atom is 0.341 e. The highest BCUT2D eigenvalue weighted by molar-refractivity contribution is 9.10. The average molecular weight is 493 g/mol. The van der Waals surface area contributed by atoms with Gasteiger partial charge in [0.1, 0.15) is 27.9 Å². The highest BCUT2D eigenvalue weighted by Crippen LogP contribution is 2.53. The van der Waals surface area contributed by atoms with E-state index in [4.69, 9.17) is 19.9 Å². The zero-order valence-corrected chi connectivity index (χ0v) is 19.8. The fourth-order valence-corrected chi connectivity index (χ4v) is 4.13. The van der Waals surface area contributed by atoms with Crippen molar-refractivity contribution in [3.8, 4) is 0 Å². The van der Waals surface area contributed by atoms with E-state index in [9.17, 15) is 14.4 Å². The van der Waals surface area contributed by atoms with E-state index in [1.807, 2.05) is 0 Å². The Morgan fingerprint density at radius 2 is 1.84 bits per heavy atom. The smallest absolute Gasteiger partial charge is 0.341 e. The lowest BCUT2D eigenvalue weighted by Crippen LogP contribution is -2.49. The largest absolute Gasteiger partial charge is 0.459 e. The number of fused-ring (bicyclic) bond motifs is 2. The molecule has 166 valence electrons. The first-order chi connectivity index (χ1) is 14.3. The highest BCUT2D eigenvalue weighted by atomic mass is 79.9. The third kappa shape index (κ3) is 3.82. The maximum absolute atomic E-state index is 13.6. The maximum atomic E-state index is 13.6. The van der Waals surface area contributed by atoms with Gasteiger partial charge in [-0.1, -0.05) is 15.9 Å². The zero-order valence-electron chi connectivity index (χ0n) is 18.2. The Morgan fingerprint density at radius 1 is 1.19 bits per heavy atom. The van der Waals surface area contributed by atoms with Gasteiger partial charge in [-0.05, 0) is 59.7 Å². The summed E-state index contributed by atoms with van der Waals surface area (Å²) in [5.41, 5.74) is 3.80. The first-order valence-corrected chi connectivity index (χ1v) is 10.5. The van der Waals surface area contributed by atoms with Crippen LogP contribution in [-0.2, 0) is 34.0 Å². The van der Waals surface area contributed by atoms with E-state index >= 15 is 0 Å². The minimum Gasteiger partial charge on any atom is -0.459 e. The van der Waals surface area contributed by atoms with Gasteiger partial charge in [-0.3, -0.25) is 4.79 Å². The van der Waals surface area contributed by atoms with Crippen LogP contribution in [0.2, 0.25) is 0 Å². The fraction of sp³-hybridized carbons (Fsp3) is 0.409. The predicted octanol–water partition coefficient (Wildman–Crippen LogP) is 3.41. The van der Waals surface area contributed by atoms with Gasteiger partial charge >= 0.3 is 11.9 Å². The van der Waals surface area contributed by atoms with Crippen LogP contribution in [0.3, 0.4) is 0 Å². The van der Waals surface area contributed by atoms with E-state index < -0.39 is 35.0 Å². The molecule has 2 heterocycles. The Bertz CT molecular complexity index is 1050. The summed E-state index contributed by atoms with van der Waals surface area (Å²) in [6, 6.07) is 5.07. The molecule has 0 bridgehead atoms. The quantitative estimate of drug-likeness (QED) is 0.620. The number of hydrogen-bond acceptors (Lipinski definition) is 7. The van der Waals surface area contributed by atoms with Crippen LogP contribution < -0.4 is 11.1 Å². The lowest BCUT2D eigenvalue weighted by Gasteiger charge is -2.36. The van der Waals surface area contributed by atoms with E-state index in [0.29, 0.717) is 15.7 Å². The van der Waals surface area contributed by atoms with Crippen molar-refractivity contribution < 1.29 is 28.6 Å². The van der Waals surface area contributed by atoms with Crippen molar-refractivity contribution in [1.82, 2.24) is 0 Å². The van der Waals surface area contributed by atoms with Crippen molar-refractivity contribution >= 4 is 39.5 Å². The van der Waals surface area contributed by atoms with Crippen molar-refractivity contribution in [2.45, 2.75) is 58.7 Å². The van der Waals surface area contributed by atoms with Gasteiger partial charge in [0.2, 0.25) is 11.8 Å². The van der Waals surface area contributed by atoms with E-state index in [1.54, 1.807) is 52.8 Å². The number of ether oxygens (including phenoxy) is 3. The molecule has 1 spiro atoms. The first kappa shape index (κ1) is 22.9. The second kappa shape index (κ2) is 7.71. The van der Waals surface area contributed by atoms with E-state index in [-0.39, 0.29) is 22.8 Å². The van der Waals surface area contributed by atoms with Gasteiger partial charge in [0.15, 0.2) is 0 Å². The van der Waals surface area contributed by atoms with Crippen LogP contribution in [0.15, 0.2) is 45.5 Å². The molecule has 0 aromatic heterocycles. The lowest BCUT2D eigenvalue weighted by atomic mass is 9.67. The van der Waals surface area contributed by atoms with Crippen molar-refractivity contribution in [3.05, 3.63) is 51.0 Å². The van der Waals surface area contributed by atoms with Crippen LogP contribution in [0, 0.1) is 0 Å². The fourth-order valence-electron chi connectivity index (χ4n) is 3.76. The topological polar surface area (TPSA) is 117 Å². The first-order valence-electron chi connectivity index (χ1n) is 9.74. The number of carbonyl (C=O) groups is 3. The van der Waals surface area contributed by atoms with Crippen molar-refractivity contribution in [1.29, 1.82) is 0 Å². The van der Waals surface area contributed by atoms with Crippen LogP contribution in [0.4, 0.5) is 5.69 Å². The number of allylic oxidation sites excluding steroid dienone is 1. The van der Waals surface area contributed by atoms with Crippen LogP contribution >= 0.6 is 15.9 Å². The number of nitrogens with one attached hydrogen (secondary N) is 1. The number of anilines is 1. The summed E-state index contributed by atoms with van der Waals surface area (Å²) in [7, 11) is 0. The second-order valence-corrected chi connectivity index (χ2v) is 9.54. The van der Waals surface area contributed by atoms with Crippen molar-refractivity contribution in [2.24, 2.45) is 5.73 Å². The number of nitrogens with two attached hydrogens (primary N) is 1. The van der Waals surface area contributed by atoms with Gasteiger partial charge in [-0.2, -0.15) is 0 Å². The van der Waals surface area contributed by atoms with Gasteiger partial charge in [0.05, 0.1) is 6.10 Å². The van der Waals surface area contributed by atoms with Gasteiger partial charge in [-0.25, -0.2) is 9.59 Å². The van der Waals surface area contributed by atoms with Crippen LogP contribution in [0.25, 0.3) is 0 Å². The minimum absolute atomic E-state index is 0.0656. The number of benzene rings is 1. The Kier molecular flexibility index (Phi) is 5.69. The van der Waals surface area contributed by atoms with Gasteiger partial charge in [0, 0.05) is 15.7 Å². The standard InChI is InChI=1S/C22H25BrN2O6/c1-10(2)29-18(26)16-17(24)30-11(3)15(19(27)31-21(4,5)6)22(16)13-9-12(23)7-8-14(13)25-20(22)28/h7-10H,24H2,1-6H3,(H,25,28). The van der Waals surface area contributed by atoms with Crippen molar-refractivity contribution in [2.75, 3.05) is 5.32 Å². The number of rotatable bonds is 3. The van der Waals surface area contributed by atoms with Gasteiger partial charge in [-0.15, -0.1) is 0 Å². The molecule has 1 amide bonds. The second-order valence-electron chi connectivity index (χ2n) is 8.62. The Hall–Kier alpha value is -2.81. The summed E-state index contributed by atoms with van der Waals surface area (Å²) in [4.78, 5) is 40.1. The number of hydrogen-bond donors (Lipinski definition) is 2. The Labute approximate surface area is 188 Å². The molecule has 0 aliphatic carbocycles. The molecule has 0 saturated carbocycles. The number of esters is 2. The molecule has 1 aromatic carbocycles. The molecule has 2 aliphatic heterocycles. The normalized spacial score (nSPS) is 20.6. The SMILES string of the molecule is CC1=C(C(=O)OC(C)(C)C)C2(C(=O)Nc3ccc(Br)cc32)C(C(=O)OC(C)C)=C(N)O1. The molecule has 1 atom stereocenters. The van der Waals surface area contributed by atoms with E-state index in [0.717, 1.165) is 0 Å². The molecular formula is C22H25BrN2O6. The molecule has 1 aromatic rings. The third-order valence-electron chi connectivity index (χ3n) is 4.74. The summed E-state index contributed by atoms with van der Waals surface area (Å²) < 4.78 is 17.2. The van der Waals surface area contributed by atoms with Gasteiger partial charge < -0.3 is 25.3 Å². The lowest BCUT2D eigenvalue weighted by molar-refractivity contribution is -0.152. The predicted molar refractivity (Wildman–Crippen MR) is 117 cm³/mol. The minimum atomic E-state index is -1.89. The molecule has 31 heavy (non-hydrogen) atoms. The van der Waals surface area contributed by atoms with Crippen molar-refractivity contribution in [3.63, 3.8) is 0 Å². The molecule has 3 N–H and O–H groups in total. The van der Waals surface area contributed by atoms with E-state index in [1.165, 1.54) is 6.92 Å². The molecular weight excluding hydrogens is 468 g/mol. The molecule has 0 saturated heterocycles. The average Bonchev–Trinajstić information content (AvgIpc) is 2.84. The third-order valence-corrected chi connectivity index (χ3v) is 5.23. The van der Waals surface area contributed by atoms with Crippen LogP contribution in [0.1, 0.15) is 47.1 Å². The molecule has 0 fully saturated rings. The zero-order chi connectivity index (χ0) is 23.3. The number of amides is 1. The monoisotopic (exact) mass is 492 g/mol. The van der Waals surface area contributed by atoms with Crippen LogP contribution in [-0.4, -0.2) is 29.6 Å².